The highest BCUT2D eigenvalue weighted by Crippen LogP contribution is 2.35. The number of nitrogens with one attached hydrogen (secondary N) is 1. The van der Waals surface area contributed by atoms with Crippen LogP contribution in [-0.2, 0) is 4.79 Å². The van der Waals surface area contributed by atoms with Gasteiger partial charge in [0.05, 0.1) is 22.1 Å². The number of carboxylic acids is 1. The van der Waals surface area contributed by atoms with Crippen molar-refractivity contribution in [3.8, 4) is 17.2 Å². The minimum atomic E-state index is -1.07. The molecule has 0 spiro atoms. The minimum Gasteiger partial charge on any atom is -0.479 e. The molecule has 9 heteroatoms. The molecular weight excluding hydrogens is 432 g/mol. The zero-order valence-corrected chi connectivity index (χ0v) is 18.0. The maximum absolute atomic E-state index is 11.2. The Labute approximate surface area is 188 Å². The first-order chi connectivity index (χ1) is 15.4. The molecular formula is C23H19ClN4O4. The van der Waals surface area contributed by atoms with Crippen LogP contribution in [-0.4, -0.2) is 32.1 Å². The monoisotopic (exact) mass is 450 g/mol. The minimum absolute atomic E-state index is 0.360. The first-order valence-corrected chi connectivity index (χ1v) is 10.1. The molecule has 2 N–H and O–H groups in total. The van der Waals surface area contributed by atoms with Crippen molar-refractivity contribution in [2.24, 2.45) is 0 Å². The summed E-state index contributed by atoms with van der Waals surface area (Å²) in [7, 11) is 0. The van der Waals surface area contributed by atoms with E-state index >= 15 is 0 Å². The second-order valence-corrected chi connectivity index (χ2v) is 7.39. The topological polar surface area (TPSA) is 106 Å². The zero-order valence-electron chi connectivity index (χ0n) is 17.2. The van der Waals surface area contributed by atoms with Gasteiger partial charge in [-0.05, 0) is 56.3 Å². The summed E-state index contributed by atoms with van der Waals surface area (Å²) in [6.45, 7) is 3.35. The molecule has 0 amide bonds. The van der Waals surface area contributed by atoms with Crippen LogP contribution in [0.3, 0.4) is 0 Å². The number of aryl methyl sites for hydroxylation is 1. The summed E-state index contributed by atoms with van der Waals surface area (Å²) in [4.78, 5) is 24.0. The molecule has 0 aliphatic rings. The Balaban J connectivity index is 1.62. The van der Waals surface area contributed by atoms with E-state index in [0.29, 0.717) is 44.7 Å². The number of aromatic nitrogens is 3. The number of nitrogens with zero attached hydrogens (tertiary/aromatic N) is 3. The second-order valence-electron chi connectivity index (χ2n) is 6.98. The Kier molecular flexibility index (Phi) is 6.04. The van der Waals surface area contributed by atoms with Gasteiger partial charge in [0.1, 0.15) is 29.4 Å². The lowest BCUT2D eigenvalue weighted by atomic mass is 10.2. The highest BCUT2D eigenvalue weighted by atomic mass is 35.5. The summed E-state index contributed by atoms with van der Waals surface area (Å²) in [5.41, 5.74) is 2.15. The van der Waals surface area contributed by atoms with Gasteiger partial charge in [-0.2, -0.15) is 0 Å². The summed E-state index contributed by atoms with van der Waals surface area (Å²) in [5.74, 6) is 0.803. The second kappa shape index (κ2) is 9.07. The van der Waals surface area contributed by atoms with E-state index in [0.717, 1.165) is 5.69 Å². The Hall–Kier alpha value is -3.91. The van der Waals surface area contributed by atoms with E-state index in [1.54, 1.807) is 42.6 Å². The molecule has 0 unspecified atom stereocenters. The van der Waals surface area contributed by atoms with Crippen LogP contribution >= 0.6 is 11.6 Å². The Morgan fingerprint density at radius 3 is 2.66 bits per heavy atom. The van der Waals surface area contributed by atoms with E-state index in [2.05, 4.69) is 20.3 Å². The van der Waals surface area contributed by atoms with Gasteiger partial charge in [0.2, 0.25) is 0 Å². The van der Waals surface area contributed by atoms with Crippen LogP contribution in [0.4, 0.5) is 11.5 Å². The molecule has 32 heavy (non-hydrogen) atoms. The van der Waals surface area contributed by atoms with Crippen molar-refractivity contribution in [3.63, 3.8) is 0 Å². The van der Waals surface area contributed by atoms with Crippen molar-refractivity contribution >= 4 is 40.0 Å². The van der Waals surface area contributed by atoms with Gasteiger partial charge >= 0.3 is 5.97 Å². The molecule has 2 heterocycles. The quantitative estimate of drug-likeness (QED) is 0.386. The lowest BCUT2D eigenvalue weighted by molar-refractivity contribution is -0.144. The third-order valence-electron chi connectivity index (χ3n) is 4.58. The number of hydrogen-bond acceptors (Lipinski definition) is 7. The van der Waals surface area contributed by atoms with Gasteiger partial charge in [-0.3, -0.25) is 4.98 Å². The average molecular weight is 451 g/mol. The van der Waals surface area contributed by atoms with Crippen molar-refractivity contribution in [2.45, 2.75) is 20.0 Å². The first-order valence-electron chi connectivity index (χ1n) is 9.71. The van der Waals surface area contributed by atoms with Crippen molar-refractivity contribution in [2.75, 3.05) is 5.32 Å². The van der Waals surface area contributed by atoms with Crippen molar-refractivity contribution in [3.05, 3.63) is 71.8 Å². The standard InChI is InChI=1S/C23H19ClN4O4/c1-13-6-8-16(11-25-13)32-19-9-7-15(10-17(19)24)28-22-21-18(26-12-27-22)4-3-5-20(21)31-14(2)23(29)30/h3-12,14H,1-2H3,(H,29,30)(H,26,27,28)/t14-/m1/s1. The number of fused-ring (bicyclic) bond motifs is 1. The third-order valence-corrected chi connectivity index (χ3v) is 4.88. The maximum atomic E-state index is 11.2. The van der Waals surface area contributed by atoms with Crippen molar-refractivity contribution in [1.29, 1.82) is 0 Å². The smallest absolute Gasteiger partial charge is 0.344 e. The average Bonchev–Trinajstić information content (AvgIpc) is 2.77. The number of aliphatic carboxylic acids is 1. The van der Waals surface area contributed by atoms with Gasteiger partial charge in [0.25, 0.3) is 0 Å². The van der Waals surface area contributed by atoms with Gasteiger partial charge in [-0.25, -0.2) is 14.8 Å². The van der Waals surface area contributed by atoms with Gasteiger partial charge in [-0.15, -0.1) is 0 Å². The maximum Gasteiger partial charge on any atom is 0.344 e. The summed E-state index contributed by atoms with van der Waals surface area (Å²) in [6, 6.07) is 14.1. The van der Waals surface area contributed by atoms with Gasteiger partial charge in [0.15, 0.2) is 6.10 Å². The molecule has 0 radical (unpaired) electrons. The molecule has 8 nitrogen and oxygen atoms in total. The number of halogens is 1. The molecule has 0 aliphatic heterocycles. The number of carbonyl (C=O) groups is 1. The summed E-state index contributed by atoms with van der Waals surface area (Å²) < 4.78 is 11.4. The molecule has 0 fully saturated rings. The zero-order chi connectivity index (χ0) is 22.7. The van der Waals surface area contributed by atoms with Crippen molar-refractivity contribution in [1.82, 2.24) is 15.0 Å². The van der Waals surface area contributed by atoms with Crippen LogP contribution in [0.15, 0.2) is 61.1 Å². The lowest BCUT2D eigenvalue weighted by Crippen LogP contribution is -2.23. The summed E-state index contributed by atoms with van der Waals surface area (Å²) in [6.07, 6.45) is 2.01. The van der Waals surface area contributed by atoms with E-state index in [-0.39, 0.29) is 0 Å². The molecule has 162 valence electrons. The number of anilines is 2. The fourth-order valence-electron chi connectivity index (χ4n) is 2.95. The molecule has 0 aliphatic carbocycles. The number of rotatable bonds is 7. The fraction of sp³-hybridized carbons (Fsp3) is 0.130. The van der Waals surface area contributed by atoms with E-state index < -0.39 is 12.1 Å². The van der Waals surface area contributed by atoms with E-state index in [9.17, 15) is 9.90 Å². The SMILES string of the molecule is Cc1ccc(Oc2ccc(Nc3ncnc4cccc(O[C@H](C)C(=O)O)c34)cc2Cl)cn1. The van der Waals surface area contributed by atoms with Gasteiger partial charge in [0, 0.05) is 11.4 Å². The first kappa shape index (κ1) is 21.3. The molecule has 0 saturated heterocycles. The largest absolute Gasteiger partial charge is 0.479 e. The van der Waals surface area contributed by atoms with Gasteiger partial charge < -0.3 is 19.9 Å². The van der Waals surface area contributed by atoms with Gasteiger partial charge in [-0.1, -0.05) is 17.7 Å². The predicted molar refractivity (Wildman–Crippen MR) is 121 cm³/mol. The fourth-order valence-corrected chi connectivity index (χ4v) is 3.17. The van der Waals surface area contributed by atoms with Crippen LogP contribution in [0.1, 0.15) is 12.6 Å². The Morgan fingerprint density at radius 1 is 1.09 bits per heavy atom. The normalized spacial score (nSPS) is 11.7. The molecule has 0 bridgehead atoms. The Bertz CT molecular complexity index is 1280. The third kappa shape index (κ3) is 4.70. The van der Waals surface area contributed by atoms with Crippen LogP contribution in [0.25, 0.3) is 10.9 Å². The number of hydrogen-bond donors (Lipinski definition) is 2. The van der Waals surface area contributed by atoms with Crippen LogP contribution in [0.5, 0.6) is 17.2 Å². The Morgan fingerprint density at radius 2 is 1.94 bits per heavy atom. The number of benzene rings is 2. The van der Waals surface area contributed by atoms with E-state index in [1.807, 2.05) is 19.1 Å². The van der Waals surface area contributed by atoms with Crippen LogP contribution < -0.4 is 14.8 Å². The van der Waals surface area contributed by atoms with E-state index in [1.165, 1.54) is 13.3 Å². The number of pyridine rings is 1. The summed E-state index contributed by atoms with van der Waals surface area (Å²) >= 11 is 6.42. The lowest BCUT2D eigenvalue weighted by Gasteiger charge is -2.15. The molecule has 2 aromatic heterocycles. The molecule has 4 aromatic rings. The molecule has 4 rings (SSSR count). The molecule has 0 saturated carbocycles. The number of carboxylic acid groups (broad SMARTS) is 1. The summed E-state index contributed by atoms with van der Waals surface area (Å²) in [5, 5.41) is 13.3. The predicted octanol–water partition coefficient (Wildman–Crippen LogP) is 5.37. The number of ether oxygens (including phenoxy) is 2. The van der Waals surface area contributed by atoms with Crippen LogP contribution in [0, 0.1) is 6.92 Å². The molecule has 1 atom stereocenters. The van der Waals surface area contributed by atoms with Crippen molar-refractivity contribution < 1.29 is 19.4 Å². The molecule has 2 aromatic carbocycles. The van der Waals surface area contributed by atoms with E-state index in [4.69, 9.17) is 21.1 Å². The highest BCUT2D eigenvalue weighted by molar-refractivity contribution is 6.32. The van der Waals surface area contributed by atoms with Crippen LogP contribution in [0.2, 0.25) is 5.02 Å². The highest BCUT2D eigenvalue weighted by Gasteiger charge is 2.17.